The largest absolute Gasteiger partial charge is 0.508 e. The highest BCUT2D eigenvalue weighted by Crippen LogP contribution is 2.32. The first-order valence-corrected chi connectivity index (χ1v) is 4.45. The SMILES string of the molecule is Oc1cc(-c2ccco2)c2ocnc2c1. The van der Waals surface area contributed by atoms with Gasteiger partial charge in [-0.25, -0.2) is 4.98 Å². The standard InChI is InChI=1S/C11H7NO3/c13-7-4-8(10-2-1-3-14-10)11-9(5-7)12-6-15-11/h1-6,13H. The Labute approximate surface area is 84.8 Å². The molecule has 0 unspecified atom stereocenters. The highest BCUT2D eigenvalue weighted by Gasteiger charge is 2.11. The Morgan fingerprint density at radius 1 is 1.20 bits per heavy atom. The molecule has 0 fully saturated rings. The van der Waals surface area contributed by atoms with Gasteiger partial charge >= 0.3 is 0 Å². The van der Waals surface area contributed by atoms with Crippen LogP contribution in [-0.4, -0.2) is 10.1 Å². The lowest BCUT2D eigenvalue weighted by atomic mass is 10.1. The number of furan rings is 1. The fourth-order valence-corrected chi connectivity index (χ4v) is 1.57. The molecule has 0 radical (unpaired) electrons. The van der Waals surface area contributed by atoms with Crippen molar-refractivity contribution in [2.45, 2.75) is 0 Å². The van der Waals surface area contributed by atoms with Gasteiger partial charge in [-0.3, -0.25) is 0 Å². The number of rotatable bonds is 1. The van der Waals surface area contributed by atoms with Gasteiger partial charge in [0.25, 0.3) is 0 Å². The molecule has 0 aliphatic heterocycles. The lowest BCUT2D eigenvalue weighted by Gasteiger charge is -1.98. The van der Waals surface area contributed by atoms with E-state index in [0.717, 1.165) is 0 Å². The average molecular weight is 201 g/mol. The van der Waals surface area contributed by atoms with Crippen LogP contribution >= 0.6 is 0 Å². The molecule has 15 heavy (non-hydrogen) atoms. The summed E-state index contributed by atoms with van der Waals surface area (Å²) in [5.74, 6) is 0.787. The summed E-state index contributed by atoms with van der Waals surface area (Å²) in [7, 11) is 0. The van der Waals surface area contributed by atoms with Crippen molar-refractivity contribution in [1.82, 2.24) is 4.98 Å². The number of aromatic hydroxyl groups is 1. The summed E-state index contributed by atoms with van der Waals surface area (Å²) in [5.41, 5.74) is 1.93. The predicted octanol–water partition coefficient (Wildman–Crippen LogP) is 2.79. The summed E-state index contributed by atoms with van der Waals surface area (Å²) >= 11 is 0. The lowest BCUT2D eigenvalue weighted by molar-refractivity contribution is 0.475. The van der Waals surface area contributed by atoms with Crippen LogP contribution in [0.5, 0.6) is 5.75 Å². The van der Waals surface area contributed by atoms with Gasteiger partial charge in [-0.2, -0.15) is 0 Å². The van der Waals surface area contributed by atoms with E-state index in [0.29, 0.717) is 22.4 Å². The molecule has 1 N–H and O–H groups in total. The normalized spacial score (nSPS) is 10.9. The number of fused-ring (bicyclic) bond motifs is 1. The van der Waals surface area contributed by atoms with Crippen LogP contribution in [0.15, 0.2) is 45.8 Å². The molecule has 0 atom stereocenters. The van der Waals surface area contributed by atoms with Crippen molar-refractivity contribution in [3.63, 3.8) is 0 Å². The van der Waals surface area contributed by atoms with Crippen LogP contribution in [0.3, 0.4) is 0 Å². The number of benzene rings is 1. The van der Waals surface area contributed by atoms with Gasteiger partial charge in [-0.05, 0) is 18.2 Å². The smallest absolute Gasteiger partial charge is 0.182 e. The number of hydrogen-bond acceptors (Lipinski definition) is 4. The summed E-state index contributed by atoms with van der Waals surface area (Å²) in [6.45, 7) is 0. The summed E-state index contributed by atoms with van der Waals surface area (Å²) in [4.78, 5) is 3.98. The van der Waals surface area contributed by atoms with Gasteiger partial charge in [0.05, 0.1) is 11.8 Å². The van der Waals surface area contributed by atoms with E-state index in [9.17, 15) is 5.11 Å². The van der Waals surface area contributed by atoms with Gasteiger partial charge < -0.3 is 13.9 Å². The molecule has 4 nitrogen and oxygen atoms in total. The Morgan fingerprint density at radius 3 is 2.93 bits per heavy atom. The first-order chi connectivity index (χ1) is 7.34. The second kappa shape index (κ2) is 2.88. The molecule has 74 valence electrons. The molecule has 3 aromatic rings. The Morgan fingerprint density at radius 2 is 2.13 bits per heavy atom. The number of nitrogens with zero attached hydrogens (tertiary/aromatic N) is 1. The monoisotopic (exact) mass is 201 g/mol. The van der Waals surface area contributed by atoms with E-state index >= 15 is 0 Å². The first kappa shape index (κ1) is 8.11. The van der Waals surface area contributed by atoms with Crippen LogP contribution < -0.4 is 0 Å². The van der Waals surface area contributed by atoms with Crippen molar-refractivity contribution in [2.24, 2.45) is 0 Å². The maximum absolute atomic E-state index is 9.50. The van der Waals surface area contributed by atoms with Crippen molar-refractivity contribution in [3.05, 3.63) is 36.9 Å². The number of phenols is 1. The zero-order chi connectivity index (χ0) is 10.3. The van der Waals surface area contributed by atoms with Crippen LogP contribution in [-0.2, 0) is 0 Å². The fourth-order valence-electron chi connectivity index (χ4n) is 1.57. The molecule has 1 aromatic carbocycles. The Bertz CT molecular complexity index is 595. The Balaban J connectivity index is 2.38. The third-order valence-electron chi connectivity index (χ3n) is 2.20. The third-order valence-corrected chi connectivity index (χ3v) is 2.20. The van der Waals surface area contributed by atoms with E-state index in [1.165, 1.54) is 6.39 Å². The Hall–Kier alpha value is -2.23. The van der Waals surface area contributed by atoms with Gasteiger partial charge in [0.2, 0.25) is 0 Å². The summed E-state index contributed by atoms with van der Waals surface area (Å²) in [5, 5.41) is 9.50. The second-order valence-electron chi connectivity index (χ2n) is 3.17. The number of phenolic OH excluding ortho intramolecular Hbond substituents is 1. The molecule has 3 rings (SSSR count). The molecule has 0 bridgehead atoms. The molecule has 4 heteroatoms. The molecule has 0 aliphatic rings. The second-order valence-corrected chi connectivity index (χ2v) is 3.17. The van der Waals surface area contributed by atoms with E-state index in [2.05, 4.69) is 4.98 Å². The molecule has 2 heterocycles. The summed E-state index contributed by atoms with van der Waals surface area (Å²) in [6, 6.07) is 6.72. The van der Waals surface area contributed by atoms with Crippen LogP contribution in [0.1, 0.15) is 0 Å². The average Bonchev–Trinajstić information content (AvgIpc) is 2.86. The lowest BCUT2D eigenvalue weighted by Crippen LogP contribution is -1.76. The number of oxazole rings is 1. The highest BCUT2D eigenvalue weighted by molar-refractivity contribution is 5.89. The molecule has 0 amide bonds. The van der Waals surface area contributed by atoms with Gasteiger partial charge in [0, 0.05) is 6.07 Å². The predicted molar refractivity (Wildman–Crippen MR) is 53.4 cm³/mol. The van der Waals surface area contributed by atoms with Crippen LogP contribution in [0.25, 0.3) is 22.4 Å². The third kappa shape index (κ3) is 1.19. The van der Waals surface area contributed by atoms with E-state index in [-0.39, 0.29) is 5.75 Å². The Kier molecular flexibility index (Phi) is 1.56. The first-order valence-electron chi connectivity index (χ1n) is 4.45. The van der Waals surface area contributed by atoms with Gasteiger partial charge in [-0.1, -0.05) is 0 Å². The van der Waals surface area contributed by atoms with Crippen molar-refractivity contribution >= 4 is 11.1 Å². The zero-order valence-electron chi connectivity index (χ0n) is 7.68. The molecule has 0 aliphatic carbocycles. The maximum atomic E-state index is 9.50. The topological polar surface area (TPSA) is 59.4 Å². The summed E-state index contributed by atoms with van der Waals surface area (Å²) in [6.07, 6.45) is 2.91. The van der Waals surface area contributed by atoms with Gasteiger partial charge in [0.1, 0.15) is 17.0 Å². The highest BCUT2D eigenvalue weighted by atomic mass is 16.3. The minimum absolute atomic E-state index is 0.141. The molecule has 0 saturated heterocycles. The molecule has 0 spiro atoms. The fraction of sp³-hybridized carbons (Fsp3) is 0. The van der Waals surface area contributed by atoms with Crippen LogP contribution in [0, 0.1) is 0 Å². The van der Waals surface area contributed by atoms with E-state index in [1.54, 1.807) is 30.5 Å². The quantitative estimate of drug-likeness (QED) is 0.657. The number of hydrogen-bond donors (Lipinski definition) is 1. The van der Waals surface area contributed by atoms with Gasteiger partial charge in [-0.15, -0.1) is 0 Å². The zero-order valence-corrected chi connectivity index (χ0v) is 7.68. The van der Waals surface area contributed by atoms with Crippen molar-refractivity contribution in [2.75, 3.05) is 0 Å². The van der Waals surface area contributed by atoms with Crippen molar-refractivity contribution in [1.29, 1.82) is 0 Å². The van der Waals surface area contributed by atoms with Crippen molar-refractivity contribution < 1.29 is 13.9 Å². The van der Waals surface area contributed by atoms with E-state index in [1.807, 2.05) is 0 Å². The molecular weight excluding hydrogens is 194 g/mol. The van der Waals surface area contributed by atoms with Crippen LogP contribution in [0.2, 0.25) is 0 Å². The number of aromatic nitrogens is 1. The molecular formula is C11H7NO3. The van der Waals surface area contributed by atoms with E-state index in [4.69, 9.17) is 8.83 Å². The van der Waals surface area contributed by atoms with Crippen LogP contribution in [0.4, 0.5) is 0 Å². The molecule has 0 saturated carbocycles. The van der Waals surface area contributed by atoms with Gasteiger partial charge in [0.15, 0.2) is 12.0 Å². The van der Waals surface area contributed by atoms with Crippen molar-refractivity contribution in [3.8, 4) is 17.1 Å². The minimum atomic E-state index is 0.141. The summed E-state index contributed by atoms with van der Waals surface area (Å²) < 4.78 is 10.5. The maximum Gasteiger partial charge on any atom is 0.182 e. The minimum Gasteiger partial charge on any atom is -0.508 e. The van der Waals surface area contributed by atoms with E-state index < -0.39 is 0 Å². The molecule has 2 aromatic heterocycles.